The summed E-state index contributed by atoms with van der Waals surface area (Å²) in [5, 5.41) is 32.5. The Bertz CT molecular complexity index is 965. The Labute approximate surface area is 208 Å². The number of aromatic hydroxyl groups is 1. The lowest BCUT2D eigenvalue weighted by atomic mass is 10.0. The van der Waals surface area contributed by atoms with Gasteiger partial charge in [0.2, 0.25) is 17.7 Å². The van der Waals surface area contributed by atoms with Gasteiger partial charge in [0.25, 0.3) is 0 Å². The third kappa shape index (κ3) is 7.94. The van der Waals surface area contributed by atoms with Crippen molar-refractivity contribution in [3.8, 4) is 5.75 Å². The van der Waals surface area contributed by atoms with E-state index in [-0.39, 0.29) is 18.6 Å². The van der Waals surface area contributed by atoms with Crippen molar-refractivity contribution in [3.63, 3.8) is 0 Å². The van der Waals surface area contributed by atoms with Crippen molar-refractivity contribution in [2.45, 2.75) is 70.1 Å². The lowest BCUT2D eigenvalue weighted by Crippen LogP contribution is -2.58. The van der Waals surface area contributed by atoms with E-state index in [1.807, 2.05) is 0 Å². The van der Waals surface area contributed by atoms with E-state index in [2.05, 4.69) is 10.6 Å². The molecule has 1 fully saturated rings. The fourth-order valence-corrected chi connectivity index (χ4v) is 4.06. The number of carboxylic acid groups (broad SMARTS) is 2. The first-order chi connectivity index (χ1) is 16.9. The molecule has 12 nitrogen and oxygen atoms in total. The van der Waals surface area contributed by atoms with Gasteiger partial charge in [-0.3, -0.25) is 19.2 Å². The zero-order chi connectivity index (χ0) is 27.0. The summed E-state index contributed by atoms with van der Waals surface area (Å²) in [5.41, 5.74) is 6.86. The highest BCUT2D eigenvalue weighted by Gasteiger charge is 2.38. The van der Waals surface area contributed by atoms with Gasteiger partial charge in [-0.2, -0.15) is 0 Å². The van der Waals surface area contributed by atoms with Gasteiger partial charge in [0.1, 0.15) is 23.9 Å². The third-order valence-corrected chi connectivity index (χ3v) is 6.06. The Kier molecular flexibility index (Phi) is 10.2. The van der Waals surface area contributed by atoms with E-state index in [0.717, 1.165) is 5.56 Å². The van der Waals surface area contributed by atoms with Crippen LogP contribution in [0.2, 0.25) is 0 Å². The number of nitrogens with two attached hydrogens (primary N) is 1. The van der Waals surface area contributed by atoms with E-state index in [9.17, 15) is 34.2 Å². The highest BCUT2D eigenvalue weighted by molar-refractivity contribution is 5.94. The van der Waals surface area contributed by atoms with Gasteiger partial charge in [-0.1, -0.05) is 26.0 Å². The predicted octanol–water partition coefficient (Wildman–Crippen LogP) is -0.172. The summed E-state index contributed by atoms with van der Waals surface area (Å²) in [6, 6.07) is 2.05. The summed E-state index contributed by atoms with van der Waals surface area (Å²) in [5.74, 6) is -4.61. The minimum atomic E-state index is -1.42. The van der Waals surface area contributed by atoms with Crippen LogP contribution in [-0.2, 0) is 30.4 Å². The zero-order valence-corrected chi connectivity index (χ0v) is 20.3. The van der Waals surface area contributed by atoms with Gasteiger partial charge < -0.3 is 36.6 Å². The lowest BCUT2D eigenvalue weighted by Gasteiger charge is -2.29. The Morgan fingerprint density at radius 2 is 1.72 bits per heavy atom. The van der Waals surface area contributed by atoms with E-state index in [0.29, 0.717) is 19.4 Å². The average Bonchev–Trinajstić information content (AvgIpc) is 3.30. The number of rotatable bonds is 12. The molecule has 0 radical (unpaired) electrons. The van der Waals surface area contributed by atoms with Crippen LogP contribution in [-0.4, -0.2) is 80.6 Å². The van der Waals surface area contributed by atoms with Crippen LogP contribution in [0.15, 0.2) is 24.3 Å². The second-order valence-electron chi connectivity index (χ2n) is 9.23. The Morgan fingerprint density at radius 1 is 1.08 bits per heavy atom. The number of phenols is 1. The molecule has 7 N–H and O–H groups in total. The second kappa shape index (κ2) is 12.9. The van der Waals surface area contributed by atoms with Crippen molar-refractivity contribution in [1.82, 2.24) is 15.5 Å². The van der Waals surface area contributed by atoms with Crippen LogP contribution >= 0.6 is 0 Å². The molecule has 0 bridgehead atoms. The fraction of sp³-hybridized carbons (Fsp3) is 0.542. The molecule has 0 aromatic heterocycles. The fourth-order valence-electron chi connectivity index (χ4n) is 4.06. The molecular weight excluding hydrogens is 472 g/mol. The third-order valence-electron chi connectivity index (χ3n) is 6.06. The highest BCUT2D eigenvalue weighted by atomic mass is 16.4. The molecule has 1 aromatic rings. The number of carboxylic acids is 2. The van der Waals surface area contributed by atoms with Crippen LogP contribution in [0.4, 0.5) is 0 Å². The number of carbonyl (C=O) groups is 5. The maximum absolute atomic E-state index is 13.1. The summed E-state index contributed by atoms with van der Waals surface area (Å²) >= 11 is 0. The molecular formula is C24H34N4O8. The molecule has 0 spiro atoms. The molecule has 36 heavy (non-hydrogen) atoms. The zero-order valence-electron chi connectivity index (χ0n) is 20.3. The van der Waals surface area contributed by atoms with Gasteiger partial charge in [0.05, 0.1) is 6.04 Å². The van der Waals surface area contributed by atoms with Gasteiger partial charge in [-0.25, -0.2) is 4.79 Å². The molecule has 1 aromatic carbocycles. The SMILES string of the molecule is CC(C)C(NC(=O)C1CCCN1C(=O)C(N)Cc1ccc(O)cc1)C(=O)NC(CCC(=O)O)C(=O)O. The topological polar surface area (TPSA) is 199 Å². The highest BCUT2D eigenvalue weighted by Crippen LogP contribution is 2.20. The van der Waals surface area contributed by atoms with Crippen LogP contribution in [0, 0.1) is 5.92 Å². The van der Waals surface area contributed by atoms with Gasteiger partial charge in [-0.05, 0) is 49.3 Å². The summed E-state index contributed by atoms with van der Waals surface area (Å²) in [6.07, 6.45) is 0.420. The molecule has 12 heteroatoms. The standard InChI is InChI=1S/C24H34N4O8/c1-13(2)20(22(33)26-17(24(35)36)9-10-19(30)31)27-21(32)18-4-3-11-28(18)23(34)16(25)12-14-5-7-15(29)8-6-14/h5-8,13,16-18,20,29H,3-4,9-12,25H2,1-2H3,(H,26,33)(H,27,32)(H,30,31)(H,35,36). The van der Waals surface area contributed by atoms with Crippen LogP contribution in [0.1, 0.15) is 45.1 Å². The van der Waals surface area contributed by atoms with Crippen LogP contribution in [0.25, 0.3) is 0 Å². The molecule has 3 amide bonds. The number of phenolic OH excluding ortho intramolecular Hbond substituents is 1. The molecule has 1 aliphatic rings. The molecule has 1 saturated heterocycles. The van der Waals surface area contributed by atoms with E-state index < -0.39 is 66.2 Å². The Hall–Kier alpha value is -3.67. The molecule has 2 rings (SSSR count). The lowest BCUT2D eigenvalue weighted by molar-refractivity contribution is -0.144. The summed E-state index contributed by atoms with van der Waals surface area (Å²) < 4.78 is 0. The van der Waals surface area contributed by atoms with Crippen molar-refractivity contribution >= 4 is 29.7 Å². The summed E-state index contributed by atoms with van der Waals surface area (Å²) in [4.78, 5) is 62.5. The smallest absolute Gasteiger partial charge is 0.326 e. The molecule has 1 heterocycles. The maximum Gasteiger partial charge on any atom is 0.326 e. The molecule has 0 saturated carbocycles. The van der Waals surface area contributed by atoms with Crippen LogP contribution < -0.4 is 16.4 Å². The quantitative estimate of drug-likeness (QED) is 0.223. The normalized spacial score (nSPS) is 17.8. The molecule has 4 unspecified atom stereocenters. The first-order valence-electron chi connectivity index (χ1n) is 11.8. The van der Waals surface area contributed by atoms with E-state index in [1.54, 1.807) is 26.0 Å². The number of nitrogens with zero attached hydrogens (tertiary/aromatic N) is 1. The second-order valence-corrected chi connectivity index (χ2v) is 9.23. The van der Waals surface area contributed by atoms with Crippen LogP contribution in [0.3, 0.4) is 0 Å². The summed E-state index contributed by atoms with van der Waals surface area (Å²) in [7, 11) is 0. The van der Waals surface area contributed by atoms with E-state index in [4.69, 9.17) is 10.8 Å². The first-order valence-corrected chi connectivity index (χ1v) is 11.8. The Balaban J connectivity index is 2.05. The van der Waals surface area contributed by atoms with Crippen molar-refractivity contribution in [3.05, 3.63) is 29.8 Å². The van der Waals surface area contributed by atoms with E-state index >= 15 is 0 Å². The van der Waals surface area contributed by atoms with Gasteiger partial charge in [-0.15, -0.1) is 0 Å². The van der Waals surface area contributed by atoms with Gasteiger partial charge in [0.15, 0.2) is 0 Å². The number of nitrogens with one attached hydrogen (secondary N) is 2. The number of likely N-dealkylation sites (tertiary alicyclic amines) is 1. The molecule has 4 atom stereocenters. The molecule has 198 valence electrons. The number of amides is 3. The first kappa shape index (κ1) is 28.6. The van der Waals surface area contributed by atoms with E-state index in [1.165, 1.54) is 17.0 Å². The minimum absolute atomic E-state index is 0.0928. The van der Waals surface area contributed by atoms with Gasteiger partial charge in [0, 0.05) is 13.0 Å². The number of benzene rings is 1. The number of hydrogen-bond donors (Lipinski definition) is 6. The minimum Gasteiger partial charge on any atom is -0.508 e. The Morgan fingerprint density at radius 3 is 2.28 bits per heavy atom. The van der Waals surface area contributed by atoms with Crippen molar-refractivity contribution < 1.29 is 39.3 Å². The monoisotopic (exact) mass is 506 g/mol. The molecule has 0 aliphatic carbocycles. The van der Waals surface area contributed by atoms with Crippen molar-refractivity contribution in [2.75, 3.05) is 6.54 Å². The van der Waals surface area contributed by atoms with Crippen LogP contribution in [0.5, 0.6) is 5.75 Å². The van der Waals surface area contributed by atoms with Gasteiger partial charge >= 0.3 is 11.9 Å². The number of aliphatic carboxylic acids is 2. The summed E-state index contributed by atoms with van der Waals surface area (Å²) in [6.45, 7) is 3.67. The largest absolute Gasteiger partial charge is 0.508 e. The van der Waals surface area contributed by atoms with Crippen molar-refractivity contribution in [1.29, 1.82) is 0 Å². The maximum atomic E-state index is 13.1. The number of carbonyl (C=O) groups excluding carboxylic acids is 3. The van der Waals surface area contributed by atoms with Crippen molar-refractivity contribution in [2.24, 2.45) is 11.7 Å². The average molecular weight is 507 g/mol. The predicted molar refractivity (Wildman–Crippen MR) is 128 cm³/mol. The number of hydrogen-bond acceptors (Lipinski definition) is 7. The molecule has 1 aliphatic heterocycles.